The fraction of sp³-hybridized carbons (Fsp3) is 0.450. The summed E-state index contributed by atoms with van der Waals surface area (Å²) < 4.78 is 0. The zero-order valence-corrected chi connectivity index (χ0v) is 14.9. The third kappa shape index (κ3) is 3.64. The fourth-order valence-electron chi connectivity index (χ4n) is 3.78. The average molecular weight is 356 g/mol. The Hall–Kier alpha value is -2.63. The number of carboxylic acid groups (broad SMARTS) is 1. The largest absolute Gasteiger partial charge is 0.480 e. The molecular formula is C20H24N2O4. The van der Waals surface area contributed by atoms with Gasteiger partial charge in [0.1, 0.15) is 5.54 Å². The van der Waals surface area contributed by atoms with Crippen molar-refractivity contribution in [2.75, 3.05) is 0 Å². The molecule has 2 aromatic rings. The van der Waals surface area contributed by atoms with Crippen molar-refractivity contribution in [1.82, 2.24) is 10.3 Å². The predicted octanol–water partition coefficient (Wildman–Crippen LogP) is 2.61. The van der Waals surface area contributed by atoms with Gasteiger partial charge in [0.15, 0.2) is 0 Å². The van der Waals surface area contributed by atoms with Crippen molar-refractivity contribution in [3.05, 3.63) is 46.2 Å². The van der Waals surface area contributed by atoms with Crippen molar-refractivity contribution in [2.45, 2.75) is 51.0 Å². The molecule has 138 valence electrons. The smallest absolute Gasteiger partial charge is 0.329 e. The van der Waals surface area contributed by atoms with Gasteiger partial charge in [-0.3, -0.25) is 9.59 Å². The molecule has 0 unspecified atom stereocenters. The van der Waals surface area contributed by atoms with E-state index in [1.165, 1.54) is 0 Å². The molecule has 3 rings (SSSR count). The number of hydrogen-bond donors (Lipinski definition) is 3. The summed E-state index contributed by atoms with van der Waals surface area (Å²) in [5.74, 6) is -0.904. The van der Waals surface area contributed by atoms with Crippen LogP contribution in [0.25, 0.3) is 10.9 Å². The molecule has 1 saturated carbocycles. The van der Waals surface area contributed by atoms with E-state index in [0.717, 1.165) is 24.6 Å². The fourth-order valence-corrected chi connectivity index (χ4v) is 3.78. The number of carbonyl (C=O) groups excluding carboxylic acids is 1. The van der Waals surface area contributed by atoms with Crippen LogP contribution in [0.2, 0.25) is 0 Å². The van der Waals surface area contributed by atoms with E-state index in [1.54, 1.807) is 12.1 Å². The van der Waals surface area contributed by atoms with Crippen molar-refractivity contribution >= 4 is 22.8 Å². The third-order valence-electron chi connectivity index (χ3n) is 5.51. The Bertz CT molecular complexity index is 879. The van der Waals surface area contributed by atoms with E-state index in [9.17, 15) is 19.5 Å². The Morgan fingerprint density at radius 2 is 1.96 bits per heavy atom. The number of fused-ring (bicyclic) bond motifs is 1. The van der Waals surface area contributed by atoms with Gasteiger partial charge in [-0.1, -0.05) is 31.5 Å². The summed E-state index contributed by atoms with van der Waals surface area (Å²) in [6, 6.07) is 9.03. The van der Waals surface area contributed by atoms with Crippen LogP contribution in [-0.2, 0) is 16.0 Å². The first kappa shape index (κ1) is 18.2. The summed E-state index contributed by atoms with van der Waals surface area (Å²) in [6.07, 6.45) is 3.34. The zero-order valence-electron chi connectivity index (χ0n) is 14.9. The number of carbonyl (C=O) groups is 2. The molecule has 0 spiro atoms. The molecule has 1 fully saturated rings. The second kappa shape index (κ2) is 7.32. The Morgan fingerprint density at radius 3 is 2.62 bits per heavy atom. The van der Waals surface area contributed by atoms with Crippen LogP contribution in [-0.4, -0.2) is 27.5 Å². The minimum atomic E-state index is -1.22. The molecule has 1 amide bonds. The highest BCUT2D eigenvalue weighted by Crippen LogP contribution is 2.34. The van der Waals surface area contributed by atoms with Crippen molar-refractivity contribution in [3.63, 3.8) is 0 Å². The molecule has 0 atom stereocenters. The van der Waals surface area contributed by atoms with Crippen molar-refractivity contribution in [3.8, 4) is 0 Å². The van der Waals surface area contributed by atoms with Gasteiger partial charge in [-0.2, -0.15) is 0 Å². The molecule has 0 saturated heterocycles. The molecule has 1 aromatic carbocycles. The highest BCUT2D eigenvalue weighted by atomic mass is 16.4. The van der Waals surface area contributed by atoms with Gasteiger partial charge in [0.05, 0.1) is 6.42 Å². The Morgan fingerprint density at radius 1 is 1.27 bits per heavy atom. The molecule has 1 aromatic heterocycles. The highest BCUT2D eigenvalue weighted by Gasteiger charge is 2.42. The quantitative estimate of drug-likeness (QED) is 0.767. The monoisotopic (exact) mass is 356 g/mol. The highest BCUT2D eigenvalue weighted by molar-refractivity contribution is 5.88. The number of aromatic amines is 1. The molecule has 6 heteroatoms. The van der Waals surface area contributed by atoms with Crippen molar-refractivity contribution in [1.29, 1.82) is 0 Å². The lowest BCUT2D eigenvalue weighted by Crippen LogP contribution is -2.56. The van der Waals surface area contributed by atoms with Crippen LogP contribution in [0.5, 0.6) is 0 Å². The van der Waals surface area contributed by atoms with Gasteiger partial charge in [0.2, 0.25) is 5.91 Å². The molecule has 1 aliphatic rings. The Balaban J connectivity index is 1.76. The van der Waals surface area contributed by atoms with Crippen LogP contribution in [0.3, 0.4) is 0 Å². The van der Waals surface area contributed by atoms with Crippen molar-refractivity contribution in [2.24, 2.45) is 5.92 Å². The number of carboxylic acids is 1. The maximum Gasteiger partial charge on any atom is 0.329 e. The third-order valence-corrected chi connectivity index (χ3v) is 5.51. The first-order chi connectivity index (χ1) is 12.4. The van der Waals surface area contributed by atoms with Gasteiger partial charge >= 0.3 is 5.97 Å². The molecule has 0 bridgehead atoms. The van der Waals surface area contributed by atoms with Crippen LogP contribution >= 0.6 is 0 Å². The summed E-state index contributed by atoms with van der Waals surface area (Å²) in [6.45, 7) is 2.10. The predicted molar refractivity (Wildman–Crippen MR) is 99.0 cm³/mol. The molecule has 26 heavy (non-hydrogen) atoms. The van der Waals surface area contributed by atoms with Gasteiger partial charge in [0, 0.05) is 11.1 Å². The standard InChI is InChI=1S/C20H24N2O4/c1-2-13-7-9-20(10-8-13,19(25)26)22-17(23)12-15-11-14-5-3-4-6-16(14)21-18(15)24/h3-6,11,13H,2,7-10,12H2,1H3,(H,21,24)(H,22,23)(H,25,26). The van der Waals surface area contributed by atoms with E-state index in [2.05, 4.69) is 17.2 Å². The molecular weight excluding hydrogens is 332 g/mol. The molecule has 6 nitrogen and oxygen atoms in total. The number of benzene rings is 1. The summed E-state index contributed by atoms with van der Waals surface area (Å²) >= 11 is 0. The van der Waals surface area contributed by atoms with E-state index in [0.29, 0.717) is 29.8 Å². The number of H-pyrrole nitrogens is 1. The summed E-state index contributed by atoms with van der Waals surface area (Å²) in [5.41, 5.74) is -0.490. The Kier molecular flexibility index (Phi) is 5.11. The van der Waals surface area contributed by atoms with E-state index in [4.69, 9.17) is 0 Å². The first-order valence-corrected chi connectivity index (χ1v) is 9.09. The lowest BCUT2D eigenvalue weighted by Gasteiger charge is -2.37. The lowest BCUT2D eigenvalue weighted by atomic mass is 9.75. The van der Waals surface area contributed by atoms with Gasteiger partial charge in [-0.05, 0) is 49.1 Å². The molecule has 0 radical (unpaired) electrons. The second-order valence-electron chi connectivity index (χ2n) is 7.17. The minimum Gasteiger partial charge on any atom is -0.480 e. The number of hydrogen-bond acceptors (Lipinski definition) is 3. The van der Waals surface area contributed by atoms with Crippen molar-refractivity contribution < 1.29 is 14.7 Å². The Labute approximate surface area is 151 Å². The number of aliphatic carboxylic acids is 1. The zero-order chi connectivity index (χ0) is 18.7. The van der Waals surface area contributed by atoms with Crippen LogP contribution in [0.1, 0.15) is 44.6 Å². The van der Waals surface area contributed by atoms with E-state index in [-0.39, 0.29) is 12.0 Å². The summed E-state index contributed by atoms with van der Waals surface area (Å²) in [4.78, 5) is 39.3. The number of amides is 1. The van der Waals surface area contributed by atoms with E-state index >= 15 is 0 Å². The van der Waals surface area contributed by atoms with Crippen LogP contribution in [0.4, 0.5) is 0 Å². The number of aromatic nitrogens is 1. The van der Waals surface area contributed by atoms with Crippen LogP contribution in [0, 0.1) is 5.92 Å². The molecule has 1 aliphatic carbocycles. The second-order valence-corrected chi connectivity index (χ2v) is 7.17. The number of para-hydroxylation sites is 1. The number of rotatable bonds is 5. The number of nitrogens with one attached hydrogen (secondary N) is 2. The van der Waals surface area contributed by atoms with E-state index in [1.807, 2.05) is 18.2 Å². The van der Waals surface area contributed by atoms with Gasteiger partial charge in [-0.15, -0.1) is 0 Å². The first-order valence-electron chi connectivity index (χ1n) is 9.09. The maximum absolute atomic E-state index is 12.5. The topological polar surface area (TPSA) is 99.3 Å². The lowest BCUT2D eigenvalue weighted by molar-refractivity contribution is -0.149. The van der Waals surface area contributed by atoms with E-state index < -0.39 is 17.4 Å². The van der Waals surface area contributed by atoms with Crippen LogP contribution in [0.15, 0.2) is 35.1 Å². The number of pyridine rings is 1. The summed E-state index contributed by atoms with van der Waals surface area (Å²) in [5, 5.41) is 13.2. The SMILES string of the molecule is CCC1CCC(NC(=O)Cc2cc3ccccc3[nH]c2=O)(C(=O)O)CC1. The molecule has 1 heterocycles. The minimum absolute atomic E-state index is 0.133. The molecule has 0 aliphatic heterocycles. The maximum atomic E-state index is 12.5. The van der Waals surface area contributed by atoms with Crippen LogP contribution < -0.4 is 10.9 Å². The normalized spacial score (nSPS) is 22.9. The van der Waals surface area contributed by atoms with Gasteiger partial charge < -0.3 is 15.4 Å². The summed E-state index contributed by atoms with van der Waals surface area (Å²) in [7, 11) is 0. The average Bonchev–Trinajstić information content (AvgIpc) is 2.62. The van der Waals surface area contributed by atoms with Gasteiger partial charge in [0.25, 0.3) is 5.56 Å². The van der Waals surface area contributed by atoms with Gasteiger partial charge in [-0.25, -0.2) is 4.79 Å². The molecule has 3 N–H and O–H groups in total.